The van der Waals surface area contributed by atoms with Crippen molar-refractivity contribution >= 4 is 34.4 Å². The first-order valence-electron chi connectivity index (χ1n) is 17.1. The Morgan fingerprint density at radius 2 is 1.78 bits per heavy atom. The Morgan fingerprint density at radius 1 is 0.980 bits per heavy atom. The maximum Gasteiger partial charge on any atom is 0.314 e. The molecule has 2 aliphatic heterocycles. The van der Waals surface area contributed by atoms with Crippen molar-refractivity contribution in [3.05, 3.63) is 70.7 Å². The number of amides is 3. The minimum absolute atomic E-state index is 0.0691. The van der Waals surface area contributed by atoms with Crippen LogP contribution in [0.25, 0.3) is 22.0 Å². The number of pyridine rings is 1. The van der Waals surface area contributed by atoms with Gasteiger partial charge < -0.3 is 15.5 Å². The van der Waals surface area contributed by atoms with E-state index < -0.39 is 6.04 Å². The third kappa shape index (κ3) is 6.31. The molecule has 1 aliphatic carbocycles. The molecule has 3 amide bonds. The molecule has 254 valence electrons. The van der Waals surface area contributed by atoms with Crippen molar-refractivity contribution in [1.82, 2.24) is 40.3 Å². The van der Waals surface area contributed by atoms with Crippen molar-refractivity contribution in [3.8, 4) is 11.1 Å². The molecule has 4 aromatic rings. The van der Waals surface area contributed by atoms with Gasteiger partial charge in [0.05, 0.1) is 23.7 Å². The zero-order chi connectivity index (χ0) is 34.4. The third-order valence-corrected chi connectivity index (χ3v) is 10.4. The highest BCUT2D eigenvalue weighted by Crippen LogP contribution is 2.59. The molecule has 1 saturated heterocycles. The number of carbonyl (C=O) groups is 4. The molecule has 0 radical (unpaired) electrons. The molecule has 49 heavy (non-hydrogen) atoms. The fraction of sp³-hybridized carbons (Fsp3) is 0.459. The smallest absolute Gasteiger partial charge is 0.314 e. The zero-order valence-corrected chi connectivity index (χ0v) is 28.5. The molecule has 2 bridgehead atoms. The quantitative estimate of drug-likeness (QED) is 0.302. The lowest BCUT2D eigenvalue weighted by atomic mass is 9.94. The van der Waals surface area contributed by atoms with E-state index in [1.165, 1.54) is 6.92 Å². The number of nitrogens with one attached hydrogen (secondary N) is 2. The second-order valence-corrected chi connectivity index (χ2v) is 14.0. The molecule has 5 heterocycles. The first kappa shape index (κ1) is 32.5. The molecule has 1 saturated carbocycles. The van der Waals surface area contributed by atoms with Gasteiger partial charge in [-0.2, -0.15) is 5.10 Å². The lowest BCUT2D eigenvalue weighted by Gasteiger charge is -2.27. The van der Waals surface area contributed by atoms with Crippen molar-refractivity contribution in [2.75, 3.05) is 13.1 Å². The average molecular weight is 663 g/mol. The number of carbonyl (C=O) groups excluding carboxylic acids is 4. The fourth-order valence-electron chi connectivity index (χ4n) is 7.69. The monoisotopic (exact) mass is 662 g/mol. The van der Waals surface area contributed by atoms with Gasteiger partial charge in [0.15, 0.2) is 11.6 Å². The summed E-state index contributed by atoms with van der Waals surface area (Å²) < 4.78 is 1.66. The van der Waals surface area contributed by atoms with Crippen LogP contribution in [0.3, 0.4) is 0 Å². The number of nitrogens with zero attached hydrogens (tertiary/aromatic N) is 6. The Hall–Kier alpha value is -5.00. The van der Waals surface area contributed by atoms with E-state index in [2.05, 4.69) is 31.7 Å². The van der Waals surface area contributed by atoms with E-state index in [-0.39, 0.29) is 47.9 Å². The topological polar surface area (TPSA) is 152 Å². The number of ketones is 2. The SMILES string of the molecule is CC(=O)c1nn2c3c(cc(-c4cnc(C)nc4)cc13)CCCCCNC(=O)NC[C@@]13C[C@@H](C(=O)Cc4nc(C)ccc4C)N(C(=O)C2)[C@@H]1C3. The number of Topliss-reactive ketones (excluding diaryl/α,β-unsaturated/α-hetero) is 2. The summed E-state index contributed by atoms with van der Waals surface area (Å²) >= 11 is 0. The highest BCUT2D eigenvalue weighted by atomic mass is 16.2. The second-order valence-electron chi connectivity index (χ2n) is 14.0. The van der Waals surface area contributed by atoms with Crippen LogP contribution < -0.4 is 10.6 Å². The Bertz CT molecular complexity index is 1990. The average Bonchev–Trinajstić information content (AvgIpc) is 3.48. The van der Waals surface area contributed by atoms with Gasteiger partial charge in [-0.3, -0.25) is 24.0 Å². The summed E-state index contributed by atoms with van der Waals surface area (Å²) in [7, 11) is 0. The van der Waals surface area contributed by atoms with Gasteiger partial charge in [-0.05, 0) is 87.8 Å². The molecule has 1 aromatic carbocycles. The predicted octanol–water partition coefficient (Wildman–Crippen LogP) is 4.21. The van der Waals surface area contributed by atoms with E-state index in [9.17, 15) is 19.2 Å². The maximum atomic E-state index is 14.5. The highest BCUT2D eigenvalue weighted by Gasteiger charge is 2.66. The van der Waals surface area contributed by atoms with Crippen molar-refractivity contribution in [2.24, 2.45) is 5.41 Å². The van der Waals surface area contributed by atoms with Crippen LogP contribution in [0, 0.1) is 26.2 Å². The van der Waals surface area contributed by atoms with Crippen LogP contribution in [0.2, 0.25) is 0 Å². The van der Waals surface area contributed by atoms with Crippen LogP contribution in [0.5, 0.6) is 0 Å². The lowest BCUT2D eigenvalue weighted by Crippen LogP contribution is -2.45. The number of benzene rings is 1. The number of rotatable bonds is 5. The summed E-state index contributed by atoms with van der Waals surface area (Å²) in [5, 5.41) is 11.4. The lowest BCUT2D eigenvalue weighted by molar-refractivity contribution is -0.139. The Balaban J connectivity index is 1.29. The molecule has 3 aliphatic rings. The molecule has 7 rings (SSSR count). The van der Waals surface area contributed by atoms with Crippen LogP contribution in [-0.4, -0.2) is 78.3 Å². The molecule has 0 spiro atoms. The molecule has 3 aromatic heterocycles. The van der Waals surface area contributed by atoms with Crippen molar-refractivity contribution < 1.29 is 19.2 Å². The Morgan fingerprint density at radius 3 is 2.55 bits per heavy atom. The minimum atomic E-state index is -0.654. The van der Waals surface area contributed by atoms with Gasteiger partial charge in [0.2, 0.25) is 5.91 Å². The van der Waals surface area contributed by atoms with Crippen LogP contribution in [0.4, 0.5) is 4.79 Å². The summed E-state index contributed by atoms with van der Waals surface area (Å²) in [6, 6.07) is 6.83. The van der Waals surface area contributed by atoms with Crippen LogP contribution in [-0.2, 0) is 29.0 Å². The van der Waals surface area contributed by atoms with E-state index in [0.29, 0.717) is 55.0 Å². The Labute approximate surface area is 285 Å². The van der Waals surface area contributed by atoms with Gasteiger partial charge >= 0.3 is 6.03 Å². The predicted molar refractivity (Wildman–Crippen MR) is 183 cm³/mol. The zero-order valence-electron chi connectivity index (χ0n) is 28.5. The number of piperidine rings is 1. The van der Waals surface area contributed by atoms with Gasteiger partial charge in [-0.15, -0.1) is 0 Å². The Kier molecular flexibility index (Phi) is 8.50. The number of hydrogen-bond acceptors (Lipinski definition) is 8. The summed E-state index contributed by atoms with van der Waals surface area (Å²) in [4.78, 5) is 69.4. The molecule has 0 unspecified atom stereocenters. The maximum absolute atomic E-state index is 14.5. The molecule has 12 nitrogen and oxygen atoms in total. The number of urea groups is 1. The van der Waals surface area contributed by atoms with E-state index >= 15 is 0 Å². The minimum Gasteiger partial charge on any atom is -0.338 e. The summed E-state index contributed by atoms with van der Waals surface area (Å²) in [5.41, 5.74) is 5.80. The number of hydrogen-bond donors (Lipinski definition) is 2. The van der Waals surface area contributed by atoms with Gasteiger partial charge in [0, 0.05) is 60.5 Å². The second kappa shape index (κ2) is 12.8. The molecule has 2 fully saturated rings. The standard InChI is InChI=1S/C37H42N8O4/c1-21-9-10-22(2)42-29(21)14-31(47)30-15-37-16-32(37)45(30)33(48)19-44-35-25(8-6-5-7-11-38-36(49)41-20-37)12-26(27-17-39-24(4)40-18-27)13-28(35)34(43-44)23(3)46/h9-10,12-13,17-18,30,32H,5-8,11,14-16,19-20H2,1-4H3,(H2,38,41,49)/t30-,32+,37-/m0/s1. The van der Waals surface area contributed by atoms with Crippen LogP contribution in [0.15, 0.2) is 36.7 Å². The largest absolute Gasteiger partial charge is 0.338 e. The van der Waals surface area contributed by atoms with Gasteiger partial charge in [-0.25, -0.2) is 14.8 Å². The van der Waals surface area contributed by atoms with E-state index in [0.717, 1.165) is 52.7 Å². The first-order chi connectivity index (χ1) is 23.5. The molecule has 2 N–H and O–H groups in total. The fourth-order valence-corrected chi connectivity index (χ4v) is 7.69. The van der Waals surface area contributed by atoms with E-state index in [1.54, 1.807) is 22.0 Å². The third-order valence-electron chi connectivity index (χ3n) is 10.4. The van der Waals surface area contributed by atoms with Gasteiger partial charge in [-0.1, -0.05) is 12.5 Å². The van der Waals surface area contributed by atoms with Gasteiger partial charge in [0.1, 0.15) is 18.1 Å². The van der Waals surface area contributed by atoms with Crippen molar-refractivity contribution in [1.29, 1.82) is 0 Å². The summed E-state index contributed by atoms with van der Waals surface area (Å²) in [6.07, 6.45) is 8.04. The number of aromatic nitrogens is 5. The van der Waals surface area contributed by atoms with E-state index in [1.807, 2.05) is 39.0 Å². The van der Waals surface area contributed by atoms with Crippen molar-refractivity contribution in [2.45, 2.75) is 91.3 Å². The van der Waals surface area contributed by atoms with Crippen LogP contribution in [0.1, 0.15) is 77.9 Å². The first-order valence-corrected chi connectivity index (χ1v) is 17.1. The highest BCUT2D eigenvalue weighted by molar-refractivity contribution is 6.07. The number of aryl methyl sites for hydroxylation is 4. The van der Waals surface area contributed by atoms with Gasteiger partial charge in [0.25, 0.3) is 0 Å². The molecular formula is C37H42N8O4. The molecule has 12 heteroatoms. The van der Waals surface area contributed by atoms with Crippen LogP contribution >= 0.6 is 0 Å². The summed E-state index contributed by atoms with van der Waals surface area (Å²) in [5.74, 6) is 0.169. The molecule has 3 atom stereocenters. The normalized spacial score (nSPS) is 22.7. The summed E-state index contributed by atoms with van der Waals surface area (Å²) in [6.45, 7) is 7.96. The molecular weight excluding hydrogens is 620 g/mol. The van der Waals surface area contributed by atoms with Crippen molar-refractivity contribution in [3.63, 3.8) is 0 Å². The van der Waals surface area contributed by atoms with E-state index in [4.69, 9.17) is 5.10 Å².